The van der Waals surface area contributed by atoms with Crippen LogP contribution < -0.4 is 5.32 Å². The second-order valence-electron chi connectivity index (χ2n) is 5.14. The Bertz CT molecular complexity index is 700. The Balaban J connectivity index is 2.69. The van der Waals surface area contributed by atoms with Crippen LogP contribution in [0.15, 0.2) is 35.2 Å². The lowest BCUT2D eigenvalue weighted by Crippen LogP contribution is -2.42. The van der Waals surface area contributed by atoms with Crippen molar-refractivity contribution in [3.05, 3.63) is 30.3 Å². The molecule has 1 amide bonds. The van der Waals surface area contributed by atoms with Gasteiger partial charge in [-0.3, -0.25) is 9.59 Å². The minimum atomic E-state index is -3.60. The first-order valence-corrected chi connectivity index (χ1v) is 9.17. The van der Waals surface area contributed by atoms with E-state index in [1.165, 1.54) is 19.2 Å². The number of methoxy groups -OCH3 is 2. The van der Waals surface area contributed by atoms with Crippen molar-refractivity contribution in [2.24, 2.45) is 0 Å². The first-order valence-electron chi connectivity index (χ1n) is 7.52. The molecule has 0 aliphatic rings. The van der Waals surface area contributed by atoms with E-state index in [0.29, 0.717) is 0 Å². The van der Waals surface area contributed by atoms with Gasteiger partial charge in [0.15, 0.2) is 9.84 Å². The van der Waals surface area contributed by atoms with Crippen LogP contribution in [0.3, 0.4) is 0 Å². The zero-order valence-electron chi connectivity index (χ0n) is 14.1. The summed E-state index contributed by atoms with van der Waals surface area (Å²) in [6.07, 6.45) is -0.460. The summed E-state index contributed by atoms with van der Waals surface area (Å²) >= 11 is 0. The number of hydrogen-bond acceptors (Lipinski definition) is 7. The van der Waals surface area contributed by atoms with Crippen LogP contribution in [0.5, 0.6) is 0 Å². The van der Waals surface area contributed by atoms with E-state index >= 15 is 0 Å². The smallest absolute Gasteiger partial charge is 0.328 e. The summed E-state index contributed by atoms with van der Waals surface area (Å²) < 4.78 is 33.5. The van der Waals surface area contributed by atoms with Crippen LogP contribution in [0, 0.1) is 0 Å². The maximum absolute atomic E-state index is 12.3. The highest BCUT2D eigenvalue weighted by molar-refractivity contribution is 7.91. The molecule has 1 rings (SSSR count). The molecule has 1 N–H and O–H groups in total. The fourth-order valence-electron chi connectivity index (χ4n) is 1.99. The SMILES string of the molecule is COC(=O)CCC(=O)N[C@@H](CCS(=O)(=O)c1ccccc1)C(=O)OC. The summed E-state index contributed by atoms with van der Waals surface area (Å²) in [6.45, 7) is 0. The molecule has 0 saturated heterocycles. The summed E-state index contributed by atoms with van der Waals surface area (Å²) in [5, 5.41) is 2.39. The second kappa shape index (κ2) is 9.77. The van der Waals surface area contributed by atoms with Crippen molar-refractivity contribution >= 4 is 27.7 Å². The van der Waals surface area contributed by atoms with Crippen LogP contribution in [-0.4, -0.2) is 52.3 Å². The van der Waals surface area contributed by atoms with E-state index in [1.807, 2.05) is 0 Å². The third-order valence-electron chi connectivity index (χ3n) is 3.38. The predicted molar refractivity (Wildman–Crippen MR) is 88.3 cm³/mol. The van der Waals surface area contributed by atoms with Crippen LogP contribution in [0.25, 0.3) is 0 Å². The molecule has 25 heavy (non-hydrogen) atoms. The minimum absolute atomic E-state index is 0.135. The second-order valence-corrected chi connectivity index (χ2v) is 7.25. The summed E-state index contributed by atoms with van der Waals surface area (Å²) in [5.41, 5.74) is 0. The van der Waals surface area contributed by atoms with Gasteiger partial charge < -0.3 is 14.8 Å². The summed E-state index contributed by atoms with van der Waals surface area (Å²) in [5.74, 6) is -2.22. The lowest BCUT2D eigenvalue weighted by Gasteiger charge is -2.16. The van der Waals surface area contributed by atoms with E-state index in [9.17, 15) is 22.8 Å². The summed E-state index contributed by atoms with van der Waals surface area (Å²) in [4.78, 5) is 34.8. The zero-order chi connectivity index (χ0) is 18.9. The van der Waals surface area contributed by atoms with Crippen molar-refractivity contribution in [3.8, 4) is 0 Å². The van der Waals surface area contributed by atoms with Gasteiger partial charge >= 0.3 is 11.9 Å². The van der Waals surface area contributed by atoms with Gasteiger partial charge in [-0.15, -0.1) is 0 Å². The molecule has 8 nitrogen and oxygen atoms in total. The highest BCUT2D eigenvalue weighted by atomic mass is 32.2. The minimum Gasteiger partial charge on any atom is -0.469 e. The first kappa shape index (κ1) is 20.6. The number of nitrogens with one attached hydrogen (secondary N) is 1. The maximum Gasteiger partial charge on any atom is 0.328 e. The number of esters is 2. The third kappa shape index (κ3) is 6.92. The van der Waals surface area contributed by atoms with Gasteiger partial charge in [0.2, 0.25) is 5.91 Å². The lowest BCUT2D eigenvalue weighted by atomic mass is 10.2. The monoisotopic (exact) mass is 371 g/mol. The number of rotatable bonds is 9. The molecule has 1 aromatic carbocycles. The molecule has 1 aromatic rings. The molecule has 0 aliphatic carbocycles. The van der Waals surface area contributed by atoms with Crippen molar-refractivity contribution in [2.75, 3.05) is 20.0 Å². The fourth-order valence-corrected chi connectivity index (χ4v) is 3.35. The van der Waals surface area contributed by atoms with Gasteiger partial charge in [-0.05, 0) is 18.6 Å². The Morgan fingerprint density at radius 2 is 1.68 bits per heavy atom. The van der Waals surface area contributed by atoms with Gasteiger partial charge in [0.05, 0.1) is 31.3 Å². The van der Waals surface area contributed by atoms with Crippen molar-refractivity contribution in [3.63, 3.8) is 0 Å². The van der Waals surface area contributed by atoms with Crippen LogP contribution in [-0.2, 0) is 33.7 Å². The van der Waals surface area contributed by atoms with Gasteiger partial charge in [0.1, 0.15) is 6.04 Å². The number of sulfone groups is 1. The van der Waals surface area contributed by atoms with Gasteiger partial charge in [-0.2, -0.15) is 0 Å². The molecule has 1 atom stereocenters. The van der Waals surface area contributed by atoms with Crippen LogP contribution in [0.2, 0.25) is 0 Å². The molecular weight excluding hydrogens is 350 g/mol. The van der Waals surface area contributed by atoms with Gasteiger partial charge in [-0.1, -0.05) is 18.2 Å². The fraction of sp³-hybridized carbons (Fsp3) is 0.438. The topological polar surface area (TPSA) is 116 Å². The number of ether oxygens (including phenoxy) is 2. The van der Waals surface area contributed by atoms with E-state index in [-0.39, 0.29) is 29.9 Å². The molecule has 0 bridgehead atoms. The average molecular weight is 371 g/mol. The summed E-state index contributed by atoms with van der Waals surface area (Å²) in [6, 6.07) is 6.68. The maximum atomic E-state index is 12.3. The van der Waals surface area contributed by atoms with Crippen LogP contribution >= 0.6 is 0 Å². The molecule has 0 fully saturated rings. The van der Waals surface area contributed by atoms with E-state index in [1.54, 1.807) is 18.2 Å². The third-order valence-corrected chi connectivity index (χ3v) is 5.15. The van der Waals surface area contributed by atoms with Crippen LogP contribution in [0.4, 0.5) is 0 Å². The van der Waals surface area contributed by atoms with Gasteiger partial charge in [0.25, 0.3) is 0 Å². The predicted octanol–water partition coefficient (Wildman–Crippen LogP) is 0.461. The molecule has 9 heteroatoms. The van der Waals surface area contributed by atoms with E-state index < -0.39 is 33.7 Å². The van der Waals surface area contributed by atoms with E-state index in [2.05, 4.69) is 14.8 Å². The van der Waals surface area contributed by atoms with Crippen molar-refractivity contribution < 1.29 is 32.3 Å². The Hall–Kier alpha value is -2.42. The molecule has 0 spiro atoms. The molecule has 0 saturated carbocycles. The van der Waals surface area contributed by atoms with Gasteiger partial charge in [-0.25, -0.2) is 13.2 Å². The van der Waals surface area contributed by atoms with Crippen molar-refractivity contribution in [1.82, 2.24) is 5.32 Å². The number of amides is 1. The highest BCUT2D eigenvalue weighted by Gasteiger charge is 2.25. The molecule has 138 valence electrons. The molecule has 0 aromatic heterocycles. The molecular formula is C16H21NO7S. The molecule has 0 radical (unpaired) electrons. The quantitative estimate of drug-likeness (QED) is 0.627. The normalized spacial score (nSPS) is 12.1. The van der Waals surface area contributed by atoms with Crippen molar-refractivity contribution in [1.29, 1.82) is 0 Å². The van der Waals surface area contributed by atoms with Crippen LogP contribution in [0.1, 0.15) is 19.3 Å². The van der Waals surface area contributed by atoms with Gasteiger partial charge in [0, 0.05) is 6.42 Å². The Kier molecular flexibility index (Phi) is 8.06. The molecule has 0 aliphatic heterocycles. The highest BCUT2D eigenvalue weighted by Crippen LogP contribution is 2.12. The average Bonchev–Trinajstić information content (AvgIpc) is 2.63. The Labute approximate surface area is 146 Å². The number of carbonyl (C=O) groups excluding carboxylic acids is 3. The molecule has 0 unspecified atom stereocenters. The number of carbonyl (C=O) groups is 3. The largest absolute Gasteiger partial charge is 0.469 e. The Morgan fingerprint density at radius 3 is 2.24 bits per heavy atom. The van der Waals surface area contributed by atoms with E-state index in [0.717, 1.165) is 7.11 Å². The first-order chi connectivity index (χ1) is 11.8. The Morgan fingerprint density at radius 1 is 1.04 bits per heavy atom. The summed E-state index contributed by atoms with van der Waals surface area (Å²) in [7, 11) is -1.25. The number of benzene rings is 1. The van der Waals surface area contributed by atoms with E-state index in [4.69, 9.17) is 0 Å². The molecule has 0 heterocycles. The number of hydrogen-bond donors (Lipinski definition) is 1. The zero-order valence-corrected chi connectivity index (χ0v) is 14.9. The standard InChI is InChI=1S/C16H21NO7S/c1-23-15(19)9-8-14(18)17-13(16(20)24-2)10-11-25(21,22)12-6-4-3-5-7-12/h3-7,13H,8-11H2,1-2H3,(H,17,18)/t13-/m0/s1. The van der Waals surface area contributed by atoms with Crippen molar-refractivity contribution in [2.45, 2.75) is 30.2 Å². The lowest BCUT2D eigenvalue weighted by molar-refractivity contribution is -0.145.